The Bertz CT molecular complexity index is 1290. The van der Waals surface area contributed by atoms with E-state index in [0.29, 0.717) is 22.7 Å². The van der Waals surface area contributed by atoms with Gasteiger partial charge in [0.05, 0.1) is 7.11 Å². The maximum absolute atomic E-state index is 12.2. The van der Waals surface area contributed by atoms with Crippen molar-refractivity contribution in [3.63, 3.8) is 0 Å². The van der Waals surface area contributed by atoms with Crippen molar-refractivity contribution in [3.05, 3.63) is 89.5 Å². The number of nitrogens with zero attached hydrogens (tertiary/aromatic N) is 1. The number of rotatable bonds is 10. The molecule has 0 unspecified atom stereocenters. The van der Waals surface area contributed by atoms with Gasteiger partial charge in [-0.1, -0.05) is 45.0 Å². The summed E-state index contributed by atoms with van der Waals surface area (Å²) in [4.78, 5) is 24.5. The molecule has 0 fully saturated rings. The minimum absolute atomic E-state index is 0.107. The minimum atomic E-state index is -0.884. The number of carbonyl (C=O) groups excluding carboxylic acids is 2. The Labute approximate surface area is 217 Å². The van der Waals surface area contributed by atoms with Crippen LogP contribution in [-0.4, -0.2) is 25.6 Å². The molecule has 0 aliphatic heterocycles. The summed E-state index contributed by atoms with van der Waals surface area (Å²) in [5, 5.41) is 11.9. The van der Waals surface area contributed by atoms with Crippen molar-refractivity contribution in [1.29, 1.82) is 5.26 Å². The summed E-state index contributed by atoms with van der Waals surface area (Å²) < 4.78 is 16.0. The number of hydrogen-bond acceptors (Lipinski definition) is 6. The number of benzene rings is 3. The van der Waals surface area contributed by atoms with Gasteiger partial charge in [-0.3, -0.25) is 4.79 Å². The van der Waals surface area contributed by atoms with Crippen LogP contribution in [0.3, 0.4) is 0 Å². The van der Waals surface area contributed by atoms with Gasteiger partial charge in [0.1, 0.15) is 28.9 Å². The van der Waals surface area contributed by atoms with Crippen LogP contribution in [0.4, 0.5) is 5.69 Å². The van der Waals surface area contributed by atoms with Crippen LogP contribution in [-0.2, 0) is 19.7 Å². The minimum Gasteiger partial charge on any atom is -0.497 e. The Morgan fingerprint density at radius 1 is 0.919 bits per heavy atom. The molecule has 0 aliphatic carbocycles. The van der Waals surface area contributed by atoms with Crippen LogP contribution in [0.2, 0.25) is 0 Å². The summed E-state index contributed by atoms with van der Waals surface area (Å²) >= 11 is 0. The molecule has 0 heterocycles. The Kier molecular flexibility index (Phi) is 9.06. The molecule has 0 radical (unpaired) electrons. The fourth-order valence-corrected chi connectivity index (χ4v) is 3.33. The van der Waals surface area contributed by atoms with Crippen molar-refractivity contribution in [2.45, 2.75) is 32.6 Å². The van der Waals surface area contributed by atoms with E-state index in [9.17, 15) is 14.9 Å². The standard InChI is InChI=1S/C30H30N2O5/c1-5-30(2,3)23-8-14-26(15-9-23)37-27-16-10-24(11-17-27)32-28(33)20-36-29(34)22(19-31)18-21-6-12-25(35-4)13-7-21/h6-18H,5,20H2,1-4H3,(H,32,33)/b22-18-. The van der Waals surface area contributed by atoms with Gasteiger partial charge in [-0.2, -0.15) is 5.26 Å². The summed E-state index contributed by atoms with van der Waals surface area (Å²) in [5.41, 5.74) is 2.28. The molecule has 3 rings (SSSR count). The second kappa shape index (κ2) is 12.4. The van der Waals surface area contributed by atoms with Crippen LogP contribution in [0.1, 0.15) is 38.3 Å². The van der Waals surface area contributed by atoms with Gasteiger partial charge < -0.3 is 19.5 Å². The van der Waals surface area contributed by atoms with Gasteiger partial charge in [-0.25, -0.2) is 4.79 Å². The molecule has 0 atom stereocenters. The van der Waals surface area contributed by atoms with E-state index in [0.717, 1.165) is 12.2 Å². The third-order valence-electron chi connectivity index (χ3n) is 5.99. The zero-order valence-electron chi connectivity index (χ0n) is 21.4. The number of methoxy groups -OCH3 is 1. The SMILES string of the molecule is CCC(C)(C)c1ccc(Oc2ccc(NC(=O)COC(=O)/C(C#N)=C\c3ccc(OC)cc3)cc2)cc1. The average Bonchev–Trinajstić information content (AvgIpc) is 2.92. The zero-order chi connectivity index (χ0) is 26.8. The summed E-state index contributed by atoms with van der Waals surface area (Å²) in [6, 6.07) is 23.5. The van der Waals surface area contributed by atoms with E-state index in [1.54, 1.807) is 61.7 Å². The maximum Gasteiger partial charge on any atom is 0.349 e. The van der Waals surface area contributed by atoms with Crippen LogP contribution in [0, 0.1) is 11.3 Å². The summed E-state index contributed by atoms with van der Waals surface area (Å²) in [6.45, 7) is 6.05. The number of amides is 1. The van der Waals surface area contributed by atoms with E-state index in [1.807, 2.05) is 12.1 Å². The molecular weight excluding hydrogens is 468 g/mol. The average molecular weight is 499 g/mol. The van der Waals surface area contributed by atoms with Crippen molar-refractivity contribution in [3.8, 4) is 23.3 Å². The van der Waals surface area contributed by atoms with Crippen molar-refractivity contribution < 1.29 is 23.8 Å². The molecule has 0 saturated heterocycles. The first kappa shape index (κ1) is 27.0. The first-order valence-corrected chi connectivity index (χ1v) is 11.9. The van der Waals surface area contributed by atoms with Crippen LogP contribution in [0.15, 0.2) is 78.4 Å². The van der Waals surface area contributed by atoms with Gasteiger partial charge in [0.15, 0.2) is 6.61 Å². The quantitative estimate of drug-likeness (QED) is 0.201. The number of nitriles is 1. The molecule has 1 N–H and O–H groups in total. The number of ether oxygens (including phenoxy) is 3. The topological polar surface area (TPSA) is 97.6 Å². The molecule has 3 aromatic carbocycles. The molecule has 0 aromatic heterocycles. The second-order valence-corrected chi connectivity index (χ2v) is 8.96. The van der Waals surface area contributed by atoms with Crippen molar-refractivity contribution >= 4 is 23.6 Å². The number of nitrogens with one attached hydrogen (secondary N) is 1. The Hall–Kier alpha value is -4.57. The van der Waals surface area contributed by atoms with Gasteiger partial charge in [0, 0.05) is 5.69 Å². The lowest BCUT2D eigenvalue weighted by atomic mass is 9.82. The van der Waals surface area contributed by atoms with Crippen molar-refractivity contribution in [1.82, 2.24) is 0 Å². The molecular formula is C30H30N2O5. The number of carbonyl (C=O) groups is 2. The highest BCUT2D eigenvalue weighted by Gasteiger charge is 2.17. The summed E-state index contributed by atoms with van der Waals surface area (Å²) in [5.74, 6) is 0.577. The van der Waals surface area contributed by atoms with Crippen molar-refractivity contribution in [2.75, 3.05) is 19.0 Å². The molecule has 3 aromatic rings. The lowest BCUT2D eigenvalue weighted by Gasteiger charge is -2.23. The molecule has 0 bridgehead atoms. The van der Waals surface area contributed by atoms with E-state index in [2.05, 4.69) is 38.2 Å². The molecule has 7 heteroatoms. The predicted molar refractivity (Wildman–Crippen MR) is 142 cm³/mol. The fraction of sp³-hybridized carbons (Fsp3) is 0.233. The van der Waals surface area contributed by atoms with Crippen LogP contribution >= 0.6 is 0 Å². The van der Waals surface area contributed by atoms with Gasteiger partial charge in [0.25, 0.3) is 5.91 Å². The van der Waals surface area contributed by atoms with Gasteiger partial charge in [-0.15, -0.1) is 0 Å². The summed E-state index contributed by atoms with van der Waals surface area (Å²) in [6.07, 6.45) is 2.43. The normalized spacial score (nSPS) is 11.3. The van der Waals surface area contributed by atoms with Crippen LogP contribution in [0.25, 0.3) is 6.08 Å². The first-order valence-electron chi connectivity index (χ1n) is 11.9. The molecule has 0 aliphatic rings. The fourth-order valence-electron chi connectivity index (χ4n) is 3.33. The van der Waals surface area contributed by atoms with E-state index in [-0.39, 0.29) is 11.0 Å². The first-order chi connectivity index (χ1) is 17.7. The molecule has 0 spiro atoms. The molecule has 37 heavy (non-hydrogen) atoms. The highest BCUT2D eigenvalue weighted by Crippen LogP contribution is 2.30. The van der Waals surface area contributed by atoms with Crippen LogP contribution < -0.4 is 14.8 Å². The Morgan fingerprint density at radius 3 is 2.03 bits per heavy atom. The van der Waals surface area contributed by atoms with Crippen molar-refractivity contribution in [2.24, 2.45) is 0 Å². The summed E-state index contributed by atoms with van der Waals surface area (Å²) in [7, 11) is 1.55. The Balaban J connectivity index is 1.51. The molecule has 7 nitrogen and oxygen atoms in total. The van der Waals surface area contributed by atoms with Crippen LogP contribution in [0.5, 0.6) is 17.2 Å². The second-order valence-electron chi connectivity index (χ2n) is 8.96. The van der Waals surface area contributed by atoms with Gasteiger partial charge in [-0.05, 0) is 77.6 Å². The number of hydrogen-bond donors (Lipinski definition) is 1. The number of esters is 1. The molecule has 190 valence electrons. The highest BCUT2D eigenvalue weighted by molar-refractivity contribution is 6.00. The molecule has 1 amide bonds. The lowest BCUT2D eigenvalue weighted by Crippen LogP contribution is -2.21. The predicted octanol–water partition coefficient (Wildman–Crippen LogP) is 6.26. The largest absolute Gasteiger partial charge is 0.497 e. The maximum atomic E-state index is 12.2. The Morgan fingerprint density at radius 2 is 1.49 bits per heavy atom. The lowest BCUT2D eigenvalue weighted by molar-refractivity contribution is -0.142. The monoisotopic (exact) mass is 498 g/mol. The van der Waals surface area contributed by atoms with E-state index < -0.39 is 18.5 Å². The van der Waals surface area contributed by atoms with E-state index in [1.165, 1.54) is 11.6 Å². The highest BCUT2D eigenvalue weighted by atomic mass is 16.5. The molecule has 0 saturated carbocycles. The zero-order valence-corrected chi connectivity index (χ0v) is 21.4. The third kappa shape index (κ3) is 7.71. The van der Waals surface area contributed by atoms with E-state index >= 15 is 0 Å². The number of anilines is 1. The van der Waals surface area contributed by atoms with Gasteiger partial charge >= 0.3 is 5.97 Å². The van der Waals surface area contributed by atoms with Gasteiger partial charge in [0.2, 0.25) is 0 Å². The third-order valence-corrected chi connectivity index (χ3v) is 5.99. The smallest absolute Gasteiger partial charge is 0.349 e. The van der Waals surface area contributed by atoms with E-state index in [4.69, 9.17) is 14.2 Å².